The number of carbonyl (C=O) groups is 1. The Hall–Kier alpha value is -5.07. The molecular formula is C31H27N7O2. The van der Waals surface area contributed by atoms with Gasteiger partial charge in [-0.25, -0.2) is 4.98 Å². The average Bonchev–Trinajstić information content (AvgIpc) is 3.46. The van der Waals surface area contributed by atoms with Crippen molar-refractivity contribution in [2.45, 2.75) is 13.1 Å². The third kappa shape index (κ3) is 5.39. The molecule has 0 aliphatic carbocycles. The van der Waals surface area contributed by atoms with E-state index in [0.717, 1.165) is 40.9 Å². The lowest BCUT2D eigenvalue weighted by Gasteiger charge is -2.29. The Kier molecular flexibility index (Phi) is 7.16. The molecule has 1 amide bonds. The van der Waals surface area contributed by atoms with E-state index in [9.17, 15) is 4.79 Å². The molecule has 9 heteroatoms. The molecule has 5 aromatic rings. The first kappa shape index (κ1) is 25.2. The largest absolute Gasteiger partial charge is 0.378 e. The maximum atomic E-state index is 14.0. The second kappa shape index (κ2) is 11.4. The molecule has 1 fully saturated rings. The van der Waals surface area contributed by atoms with Crippen molar-refractivity contribution in [3.8, 4) is 6.07 Å². The summed E-state index contributed by atoms with van der Waals surface area (Å²) in [7, 11) is 0. The second-order valence-corrected chi connectivity index (χ2v) is 9.58. The lowest BCUT2D eigenvalue weighted by molar-refractivity contribution is 0.0980. The van der Waals surface area contributed by atoms with Crippen molar-refractivity contribution < 1.29 is 9.53 Å². The van der Waals surface area contributed by atoms with E-state index in [4.69, 9.17) is 10.00 Å². The molecule has 0 atom stereocenters. The van der Waals surface area contributed by atoms with E-state index in [0.29, 0.717) is 36.8 Å². The van der Waals surface area contributed by atoms with Gasteiger partial charge in [-0.2, -0.15) is 5.26 Å². The number of nitriles is 1. The third-order valence-electron chi connectivity index (χ3n) is 7.03. The predicted octanol–water partition coefficient (Wildman–Crippen LogP) is 4.43. The first-order chi connectivity index (χ1) is 19.7. The smallest absolute Gasteiger partial charge is 0.277 e. The van der Waals surface area contributed by atoms with E-state index in [1.54, 1.807) is 29.4 Å². The van der Waals surface area contributed by atoms with Gasteiger partial charge >= 0.3 is 0 Å². The number of hydrogen-bond donors (Lipinski definition) is 0. The molecule has 0 bridgehead atoms. The monoisotopic (exact) mass is 529 g/mol. The molecule has 0 radical (unpaired) electrons. The van der Waals surface area contributed by atoms with Crippen LogP contribution in [0.1, 0.15) is 27.4 Å². The maximum Gasteiger partial charge on any atom is 0.277 e. The highest BCUT2D eigenvalue weighted by atomic mass is 16.5. The first-order valence-corrected chi connectivity index (χ1v) is 13.1. The van der Waals surface area contributed by atoms with Gasteiger partial charge in [-0.3, -0.25) is 9.69 Å². The standard InChI is InChI=1S/C31H27N7O2/c32-19-23-5-7-24(8-6-23)20-37-22-33-35-30(37)21-38(27-12-10-26(11-13-27)36-15-17-40-18-16-36)31(39)29-14-9-25-3-1-2-4-28(25)34-29/h1-14,22H,15-18,20-21H2. The molecule has 3 aromatic carbocycles. The van der Waals surface area contributed by atoms with Crippen LogP contribution in [0, 0.1) is 11.3 Å². The van der Waals surface area contributed by atoms with Gasteiger partial charge in [-0.05, 0) is 54.1 Å². The summed E-state index contributed by atoms with van der Waals surface area (Å²) in [6.07, 6.45) is 1.66. The summed E-state index contributed by atoms with van der Waals surface area (Å²) in [5.41, 5.74) is 4.56. The summed E-state index contributed by atoms with van der Waals surface area (Å²) < 4.78 is 7.40. The minimum atomic E-state index is -0.224. The van der Waals surface area contributed by atoms with Crippen LogP contribution in [0.25, 0.3) is 10.9 Å². The number of ether oxygens (including phenoxy) is 1. The lowest BCUT2D eigenvalue weighted by atomic mass is 10.1. The van der Waals surface area contributed by atoms with Gasteiger partial charge in [0.05, 0.1) is 43.5 Å². The number of benzene rings is 3. The predicted molar refractivity (Wildman–Crippen MR) is 152 cm³/mol. The van der Waals surface area contributed by atoms with Gasteiger partial charge in [0.25, 0.3) is 5.91 Å². The summed E-state index contributed by atoms with van der Waals surface area (Å²) in [6.45, 7) is 3.80. The molecule has 0 unspecified atom stereocenters. The van der Waals surface area contributed by atoms with Gasteiger partial charge in [0.1, 0.15) is 12.0 Å². The zero-order valence-electron chi connectivity index (χ0n) is 21.8. The lowest BCUT2D eigenvalue weighted by Crippen LogP contribution is -2.36. The van der Waals surface area contributed by atoms with E-state index in [1.807, 2.05) is 71.3 Å². The van der Waals surface area contributed by atoms with E-state index in [2.05, 4.69) is 26.2 Å². The number of pyridine rings is 1. The van der Waals surface area contributed by atoms with Crippen LogP contribution in [-0.2, 0) is 17.8 Å². The minimum absolute atomic E-state index is 0.209. The minimum Gasteiger partial charge on any atom is -0.378 e. The fraction of sp³-hybridized carbons (Fsp3) is 0.194. The number of aromatic nitrogens is 4. The summed E-state index contributed by atoms with van der Waals surface area (Å²) in [4.78, 5) is 22.6. The van der Waals surface area contributed by atoms with Gasteiger partial charge in [0.15, 0.2) is 5.82 Å². The molecule has 0 saturated carbocycles. The number of fused-ring (bicyclic) bond motifs is 1. The molecule has 1 aliphatic rings. The number of para-hydroxylation sites is 1. The molecule has 0 spiro atoms. The maximum absolute atomic E-state index is 14.0. The molecule has 3 heterocycles. The fourth-order valence-corrected chi connectivity index (χ4v) is 4.82. The Morgan fingerprint density at radius 2 is 1.73 bits per heavy atom. The molecule has 40 heavy (non-hydrogen) atoms. The van der Waals surface area contributed by atoms with E-state index in [1.165, 1.54) is 0 Å². The van der Waals surface area contributed by atoms with Crippen LogP contribution in [0.2, 0.25) is 0 Å². The topological polar surface area (TPSA) is 100 Å². The van der Waals surface area contributed by atoms with Crippen LogP contribution in [0.4, 0.5) is 11.4 Å². The van der Waals surface area contributed by atoms with Crippen LogP contribution >= 0.6 is 0 Å². The van der Waals surface area contributed by atoms with Gasteiger partial charge in [0.2, 0.25) is 0 Å². The number of morpholine rings is 1. The molecule has 6 rings (SSSR count). The van der Waals surface area contributed by atoms with Crippen molar-refractivity contribution in [3.63, 3.8) is 0 Å². The van der Waals surface area contributed by atoms with Crippen molar-refractivity contribution in [2.24, 2.45) is 0 Å². The van der Waals surface area contributed by atoms with E-state index < -0.39 is 0 Å². The summed E-state index contributed by atoms with van der Waals surface area (Å²) in [5, 5.41) is 18.6. The van der Waals surface area contributed by atoms with Crippen molar-refractivity contribution >= 4 is 28.2 Å². The highest BCUT2D eigenvalue weighted by molar-refractivity contribution is 6.05. The quantitative estimate of drug-likeness (QED) is 0.307. The summed E-state index contributed by atoms with van der Waals surface area (Å²) >= 11 is 0. The summed E-state index contributed by atoms with van der Waals surface area (Å²) in [5.74, 6) is 0.411. The second-order valence-electron chi connectivity index (χ2n) is 9.58. The highest BCUT2D eigenvalue weighted by Crippen LogP contribution is 2.25. The summed E-state index contributed by atoms with van der Waals surface area (Å²) in [6, 6.07) is 29.0. The Balaban J connectivity index is 1.32. The molecule has 0 N–H and O–H groups in total. The van der Waals surface area contributed by atoms with Gasteiger partial charge in [0, 0.05) is 29.9 Å². The van der Waals surface area contributed by atoms with Crippen LogP contribution < -0.4 is 9.80 Å². The van der Waals surface area contributed by atoms with Crippen LogP contribution in [0.15, 0.2) is 91.3 Å². The number of anilines is 2. The molecule has 198 valence electrons. The highest BCUT2D eigenvalue weighted by Gasteiger charge is 2.23. The van der Waals surface area contributed by atoms with Gasteiger partial charge in [-0.15, -0.1) is 10.2 Å². The molecule has 9 nitrogen and oxygen atoms in total. The van der Waals surface area contributed by atoms with Crippen LogP contribution in [-0.4, -0.2) is 52.0 Å². The molecule has 2 aromatic heterocycles. The number of carbonyl (C=O) groups excluding carboxylic acids is 1. The first-order valence-electron chi connectivity index (χ1n) is 13.1. The van der Waals surface area contributed by atoms with E-state index in [-0.39, 0.29) is 12.5 Å². The van der Waals surface area contributed by atoms with Gasteiger partial charge in [-0.1, -0.05) is 36.4 Å². The normalized spacial score (nSPS) is 13.2. The zero-order valence-corrected chi connectivity index (χ0v) is 21.8. The van der Waals surface area contributed by atoms with E-state index >= 15 is 0 Å². The molecule has 1 saturated heterocycles. The zero-order chi connectivity index (χ0) is 27.3. The fourth-order valence-electron chi connectivity index (χ4n) is 4.82. The SMILES string of the molecule is N#Cc1ccc(Cn2cnnc2CN(C(=O)c2ccc3ccccc3n2)c2ccc(N3CCOCC3)cc2)cc1. The number of amides is 1. The Morgan fingerprint density at radius 3 is 2.50 bits per heavy atom. The third-order valence-corrected chi connectivity index (χ3v) is 7.03. The Morgan fingerprint density at radius 1 is 0.950 bits per heavy atom. The van der Waals surface area contributed by atoms with Crippen molar-refractivity contribution in [2.75, 3.05) is 36.1 Å². The van der Waals surface area contributed by atoms with Crippen molar-refractivity contribution in [3.05, 3.63) is 114 Å². The van der Waals surface area contributed by atoms with Gasteiger partial charge < -0.3 is 14.2 Å². The number of rotatable bonds is 7. The van der Waals surface area contributed by atoms with Crippen LogP contribution in [0.3, 0.4) is 0 Å². The number of hydrogen-bond acceptors (Lipinski definition) is 7. The Labute approximate surface area is 231 Å². The molecule has 1 aliphatic heterocycles. The Bertz CT molecular complexity index is 1670. The number of nitrogens with zero attached hydrogens (tertiary/aromatic N) is 7. The molecular weight excluding hydrogens is 502 g/mol. The average molecular weight is 530 g/mol. The van der Waals surface area contributed by atoms with Crippen LogP contribution in [0.5, 0.6) is 0 Å². The van der Waals surface area contributed by atoms with Crippen molar-refractivity contribution in [1.82, 2.24) is 19.7 Å². The van der Waals surface area contributed by atoms with Crippen molar-refractivity contribution in [1.29, 1.82) is 5.26 Å².